The molecule has 0 aliphatic heterocycles. The minimum Gasteiger partial charge on any atom is -0.369 e. The standard InChI is InChI=1S/C12H11Cl2N5/c1-6-10-11(18(2)17-6)19(12(15)16-10)9-4-7(13)3-8(14)5-9/h3-5H,1-2H3,(H2,15,16). The molecule has 0 unspecified atom stereocenters. The number of aromatic nitrogens is 4. The van der Waals surface area contributed by atoms with Crippen LogP contribution in [0.4, 0.5) is 5.95 Å². The Morgan fingerprint density at radius 3 is 2.42 bits per heavy atom. The summed E-state index contributed by atoms with van der Waals surface area (Å²) in [4.78, 5) is 4.34. The van der Waals surface area contributed by atoms with Crippen LogP contribution in [-0.2, 0) is 7.05 Å². The van der Waals surface area contributed by atoms with E-state index in [0.29, 0.717) is 16.0 Å². The number of imidazole rings is 1. The zero-order chi connectivity index (χ0) is 13.7. The molecule has 0 atom stereocenters. The van der Waals surface area contributed by atoms with E-state index in [1.54, 1.807) is 27.4 Å². The van der Waals surface area contributed by atoms with E-state index >= 15 is 0 Å². The molecule has 0 aliphatic carbocycles. The lowest BCUT2D eigenvalue weighted by Gasteiger charge is -2.08. The molecule has 0 fully saturated rings. The molecule has 3 aromatic rings. The average Bonchev–Trinajstić information content (AvgIpc) is 2.76. The quantitative estimate of drug-likeness (QED) is 0.751. The highest BCUT2D eigenvalue weighted by Crippen LogP contribution is 2.28. The fourth-order valence-corrected chi connectivity index (χ4v) is 2.73. The number of aryl methyl sites for hydroxylation is 2. The van der Waals surface area contributed by atoms with Gasteiger partial charge in [-0.2, -0.15) is 5.10 Å². The second-order valence-electron chi connectivity index (χ2n) is 4.31. The summed E-state index contributed by atoms with van der Waals surface area (Å²) in [6.45, 7) is 1.89. The van der Waals surface area contributed by atoms with E-state index < -0.39 is 0 Å². The van der Waals surface area contributed by atoms with Crippen molar-refractivity contribution in [2.45, 2.75) is 6.92 Å². The zero-order valence-electron chi connectivity index (χ0n) is 10.4. The lowest BCUT2D eigenvalue weighted by molar-refractivity contribution is 0.762. The summed E-state index contributed by atoms with van der Waals surface area (Å²) in [5.74, 6) is 0.379. The molecule has 3 rings (SSSR count). The van der Waals surface area contributed by atoms with Crippen molar-refractivity contribution in [3.8, 4) is 5.69 Å². The molecule has 98 valence electrons. The fraction of sp³-hybridized carbons (Fsp3) is 0.167. The van der Waals surface area contributed by atoms with Crippen LogP contribution < -0.4 is 5.73 Å². The van der Waals surface area contributed by atoms with Gasteiger partial charge < -0.3 is 5.73 Å². The van der Waals surface area contributed by atoms with Gasteiger partial charge in [0.05, 0.1) is 11.4 Å². The van der Waals surface area contributed by atoms with Crippen LogP contribution in [0, 0.1) is 6.92 Å². The summed E-state index contributed by atoms with van der Waals surface area (Å²) in [6, 6.07) is 5.24. The van der Waals surface area contributed by atoms with Crippen LogP contribution >= 0.6 is 23.2 Å². The van der Waals surface area contributed by atoms with E-state index in [9.17, 15) is 0 Å². The summed E-state index contributed by atoms with van der Waals surface area (Å²) in [5.41, 5.74) is 9.17. The Hall–Kier alpha value is -1.72. The van der Waals surface area contributed by atoms with E-state index in [0.717, 1.165) is 22.5 Å². The molecule has 7 heteroatoms. The Balaban J connectivity index is 2.38. The van der Waals surface area contributed by atoms with Crippen LogP contribution in [0.1, 0.15) is 5.69 Å². The smallest absolute Gasteiger partial charge is 0.207 e. The molecular formula is C12H11Cl2N5. The third-order valence-corrected chi connectivity index (χ3v) is 3.37. The number of nitrogen functional groups attached to an aromatic ring is 1. The highest BCUT2D eigenvalue weighted by Gasteiger charge is 2.17. The van der Waals surface area contributed by atoms with Crippen molar-refractivity contribution in [3.63, 3.8) is 0 Å². The van der Waals surface area contributed by atoms with Gasteiger partial charge in [-0.05, 0) is 25.1 Å². The molecule has 0 bridgehead atoms. The third-order valence-electron chi connectivity index (χ3n) is 2.93. The number of rotatable bonds is 1. The van der Waals surface area contributed by atoms with Crippen molar-refractivity contribution < 1.29 is 0 Å². The predicted molar refractivity (Wildman–Crippen MR) is 77.0 cm³/mol. The third kappa shape index (κ3) is 1.86. The summed E-state index contributed by atoms with van der Waals surface area (Å²) >= 11 is 12.1. The van der Waals surface area contributed by atoms with Crippen LogP contribution in [0.5, 0.6) is 0 Å². The number of anilines is 1. The monoisotopic (exact) mass is 295 g/mol. The first-order chi connectivity index (χ1) is 8.97. The van der Waals surface area contributed by atoms with Crippen LogP contribution in [-0.4, -0.2) is 19.3 Å². The minimum atomic E-state index is 0.379. The molecule has 0 amide bonds. The lowest BCUT2D eigenvalue weighted by Crippen LogP contribution is -2.04. The largest absolute Gasteiger partial charge is 0.369 e. The van der Waals surface area contributed by atoms with Crippen molar-refractivity contribution in [2.75, 3.05) is 5.73 Å². The van der Waals surface area contributed by atoms with Gasteiger partial charge in [0.1, 0.15) is 5.52 Å². The Morgan fingerprint density at radius 1 is 1.16 bits per heavy atom. The van der Waals surface area contributed by atoms with E-state index in [2.05, 4.69) is 10.1 Å². The molecule has 0 saturated carbocycles. The summed E-state index contributed by atoms with van der Waals surface area (Å²) in [6.07, 6.45) is 0. The van der Waals surface area contributed by atoms with Gasteiger partial charge in [0.25, 0.3) is 0 Å². The molecule has 2 N–H and O–H groups in total. The topological polar surface area (TPSA) is 61.7 Å². The van der Waals surface area contributed by atoms with Crippen LogP contribution in [0.3, 0.4) is 0 Å². The first-order valence-corrected chi connectivity index (χ1v) is 6.37. The van der Waals surface area contributed by atoms with E-state index in [-0.39, 0.29) is 0 Å². The van der Waals surface area contributed by atoms with Crippen LogP contribution in [0.25, 0.3) is 16.9 Å². The number of nitrogens with zero attached hydrogens (tertiary/aromatic N) is 4. The molecule has 2 heterocycles. The normalized spacial score (nSPS) is 11.4. The summed E-state index contributed by atoms with van der Waals surface area (Å²) in [5, 5.41) is 5.42. The van der Waals surface area contributed by atoms with Gasteiger partial charge in [0.15, 0.2) is 5.65 Å². The van der Waals surface area contributed by atoms with E-state index in [1.165, 1.54) is 0 Å². The number of hydrogen-bond donors (Lipinski definition) is 1. The van der Waals surface area contributed by atoms with Crippen molar-refractivity contribution in [2.24, 2.45) is 7.05 Å². The zero-order valence-corrected chi connectivity index (χ0v) is 11.9. The van der Waals surface area contributed by atoms with Gasteiger partial charge in [-0.15, -0.1) is 0 Å². The van der Waals surface area contributed by atoms with Crippen LogP contribution in [0.2, 0.25) is 10.0 Å². The maximum Gasteiger partial charge on any atom is 0.207 e. The summed E-state index contributed by atoms with van der Waals surface area (Å²) < 4.78 is 3.52. The highest BCUT2D eigenvalue weighted by molar-refractivity contribution is 6.34. The first-order valence-electron chi connectivity index (χ1n) is 5.61. The number of nitrogens with two attached hydrogens (primary N) is 1. The molecule has 5 nitrogen and oxygen atoms in total. The molecule has 0 spiro atoms. The van der Waals surface area contributed by atoms with Crippen molar-refractivity contribution in [1.82, 2.24) is 19.3 Å². The van der Waals surface area contributed by atoms with Gasteiger partial charge in [-0.1, -0.05) is 23.2 Å². The van der Waals surface area contributed by atoms with Gasteiger partial charge in [-0.3, -0.25) is 4.57 Å². The molecule has 19 heavy (non-hydrogen) atoms. The SMILES string of the molecule is Cc1nn(C)c2c1nc(N)n2-c1cc(Cl)cc(Cl)c1. The molecule has 0 saturated heterocycles. The Morgan fingerprint density at radius 2 is 1.79 bits per heavy atom. The molecule has 0 radical (unpaired) electrons. The van der Waals surface area contributed by atoms with Gasteiger partial charge >= 0.3 is 0 Å². The van der Waals surface area contributed by atoms with Gasteiger partial charge in [0, 0.05) is 17.1 Å². The molecular weight excluding hydrogens is 285 g/mol. The average molecular weight is 296 g/mol. The maximum absolute atomic E-state index is 6.03. The Labute approximate surface area is 119 Å². The van der Waals surface area contributed by atoms with Crippen molar-refractivity contribution in [1.29, 1.82) is 0 Å². The minimum absolute atomic E-state index is 0.379. The lowest BCUT2D eigenvalue weighted by atomic mass is 10.3. The number of benzene rings is 1. The second-order valence-corrected chi connectivity index (χ2v) is 5.19. The highest BCUT2D eigenvalue weighted by atomic mass is 35.5. The van der Waals surface area contributed by atoms with Crippen LogP contribution in [0.15, 0.2) is 18.2 Å². The second kappa shape index (κ2) is 4.15. The molecule has 2 aromatic heterocycles. The Bertz CT molecular complexity index is 767. The maximum atomic E-state index is 6.03. The van der Waals surface area contributed by atoms with Gasteiger partial charge in [0.2, 0.25) is 5.95 Å². The molecule has 1 aromatic carbocycles. The number of hydrogen-bond acceptors (Lipinski definition) is 3. The number of fused-ring (bicyclic) bond motifs is 1. The molecule has 0 aliphatic rings. The summed E-state index contributed by atoms with van der Waals surface area (Å²) in [7, 11) is 1.85. The van der Waals surface area contributed by atoms with Gasteiger partial charge in [-0.25, -0.2) is 9.67 Å². The van der Waals surface area contributed by atoms with E-state index in [4.69, 9.17) is 28.9 Å². The number of halogens is 2. The Kier molecular flexibility index (Phi) is 2.69. The predicted octanol–water partition coefficient (Wildman–Crippen LogP) is 2.96. The van der Waals surface area contributed by atoms with Crippen molar-refractivity contribution >= 4 is 40.3 Å². The first kappa shape index (κ1) is 12.3. The van der Waals surface area contributed by atoms with E-state index in [1.807, 2.05) is 14.0 Å². The van der Waals surface area contributed by atoms with Crippen molar-refractivity contribution in [3.05, 3.63) is 33.9 Å². The fourth-order valence-electron chi connectivity index (χ4n) is 2.21.